The van der Waals surface area contributed by atoms with E-state index in [1.807, 2.05) is 0 Å². The Bertz CT molecular complexity index is 367. The van der Waals surface area contributed by atoms with E-state index >= 15 is 0 Å². The van der Waals surface area contributed by atoms with E-state index in [0.717, 1.165) is 32.4 Å². The van der Waals surface area contributed by atoms with Crippen LogP contribution in [0.15, 0.2) is 0 Å². The number of carboxylic acids is 1. The Morgan fingerprint density at radius 1 is 1.22 bits per heavy atom. The van der Waals surface area contributed by atoms with Gasteiger partial charge in [0.25, 0.3) is 0 Å². The van der Waals surface area contributed by atoms with Gasteiger partial charge in [-0.25, -0.2) is 0 Å². The van der Waals surface area contributed by atoms with Crippen LogP contribution < -0.4 is 10.6 Å². The molecular weight excluding hydrogens is 232 g/mol. The van der Waals surface area contributed by atoms with Crippen LogP contribution >= 0.6 is 0 Å². The smallest absolute Gasteiger partial charge is 0.308 e. The van der Waals surface area contributed by atoms with Crippen molar-refractivity contribution in [2.75, 3.05) is 13.1 Å². The number of carbonyl (C=O) groups is 2. The molecule has 0 aromatic rings. The number of hydrogen-bond acceptors (Lipinski definition) is 3. The van der Waals surface area contributed by atoms with Crippen LogP contribution in [-0.4, -0.2) is 36.1 Å². The average molecular weight is 252 g/mol. The first-order valence-corrected chi connectivity index (χ1v) is 6.88. The van der Waals surface area contributed by atoms with E-state index in [0.29, 0.717) is 18.3 Å². The number of fused-ring (bicyclic) bond motifs is 2. The van der Waals surface area contributed by atoms with Gasteiger partial charge in [0.05, 0.1) is 5.92 Å². The minimum Gasteiger partial charge on any atom is -0.481 e. The van der Waals surface area contributed by atoms with E-state index < -0.39 is 5.97 Å². The van der Waals surface area contributed by atoms with E-state index in [-0.39, 0.29) is 23.8 Å². The zero-order valence-corrected chi connectivity index (χ0v) is 10.4. The Hall–Kier alpha value is -1.10. The summed E-state index contributed by atoms with van der Waals surface area (Å²) in [7, 11) is 0. The normalized spacial score (nSPS) is 38.4. The van der Waals surface area contributed by atoms with Gasteiger partial charge in [0.1, 0.15) is 0 Å². The summed E-state index contributed by atoms with van der Waals surface area (Å²) in [6.45, 7) is 1.82. The van der Waals surface area contributed by atoms with Gasteiger partial charge in [-0.1, -0.05) is 0 Å². The molecule has 1 aliphatic heterocycles. The van der Waals surface area contributed by atoms with Gasteiger partial charge in [-0.05, 0) is 50.1 Å². The molecule has 1 heterocycles. The Labute approximate surface area is 106 Å². The monoisotopic (exact) mass is 252 g/mol. The third-order valence-electron chi connectivity index (χ3n) is 4.87. The molecule has 5 nitrogen and oxygen atoms in total. The van der Waals surface area contributed by atoms with Gasteiger partial charge in [-0.3, -0.25) is 9.59 Å². The second-order valence-corrected chi connectivity index (χ2v) is 6.02. The van der Waals surface area contributed by atoms with Gasteiger partial charge in [0, 0.05) is 12.5 Å². The van der Waals surface area contributed by atoms with E-state index in [1.54, 1.807) is 0 Å². The molecule has 3 N–H and O–H groups in total. The van der Waals surface area contributed by atoms with Crippen molar-refractivity contribution in [1.82, 2.24) is 10.6 Å². The minimum absolute atomic E-state index is 0.0327. The highest BCUT2D eigenvalue weighted by molar-refractivity contribution is 5.79. The van der Waals surface area contributed by atoms with Gasteiger partial charge in [0.2, 0.25) is 5.91 Å². The van der Waals surface area contributed by atoms with E-state index in [4.69, 9.17) is 0 Å². The number of aliphatic carboxylic acids is 1. The maximum Gasteiger partial charge on any atom is 0.308 e. The van der Waals surface area contributed by atoms with E-state index in [9.17, 15) is 14.7 Å². The van der Waals surface area contributed by atoms with Crippen molar-refractivity contribution in [3.05, 3.63) is 0 Å². The zero-order valence-electron chi connectivity index (χ0n) is 10.4. The van der Waals surface area contributed by atoms with Crippen LogP contribution in [0.5, 0.6) is 0 Å². The molecule has 1 saturated heterocycles. The van der Waals surface area contributed by atoms with Crippen LogP contribution in [-0.2, 0) is 9.59 Å². The molecule has 4 atom stereocenters. The molecule has 2 aliphatic carbocycles. The average Bonchev–Trinajstić information content (AvgIpc) is 2.83. The number of nitrogens with one attached hydrogen (secondary N) is 2. The molecule has 3 fully saturated rings. The number of hydrogen-bond donors (Lipinski definition) is 3. The summed E-state index contributed by atoms with van der Waals surface area (Å²) in [4.78, 5) is 23.2. The van der Waals surface area contributed by atoms with Crippen molar-refractivity contribution in [1.29, 1.82) is 0 Å². The van der Waals surface area contributed by atoms with Crippen molar-refractivity contribution in [3.63, 3.8) is 0 Å². The van der Waals surface area contributed by atoms with Crippen molar-refractivity contribution >= 4 is 11.9 Å². The Balaban J connectivity index is 1.60. The van der Waals surface area contributed by atoms with Gasteiger partial charge in [0.15, 0.2) is 0 Å². The summed E-state index contributed by atoms with van der Waals surface area (Å²) < 4.78 is 0. The lowest BCUT2D eigenvalue weighted by Gasteiger charge is -2.31. The molecule has 3 rings (SSSR count). The molecule has 0 aromatic carbocycles. The summed E-state index contributed by atoms with van der Waals surface area (Å²) in [6.07, 6.45) is 3.60. The highest BCUT2D eigenvalue weighted by Crippen LogP contribution is 2.48. The van der Waals surface area contributed by atoms with Crippen molar-refractivity contribution in [3.8, 4) is 0 Å². The first-order chi connectivity index (χ1) is 8.65. The van der Waals surface area contributed by atoms with Crippen LogP contribution in [0.4, 0.5) is 0 Å². The highest BCUT2D eigenvalue weighted by atomic mass is 16.4. The summed E-state index contributed by atoms with van der Waals surface area (Å²) in [5, 5.41) is 15.4. The fraction of sp³-hybridized carbons (Fsp3) is 0.846. The first-order valence-electron chi connectivity index (χ1n) is 6.88. The van der Waals surface area contributed by atoms with Gasteiger partial charge in [-0.2, -0.15) is 0 Å². The number of carboxylic acid groups (broad SMARTS) is 1. The summed E-state index contributed by atoms with van der Waals surface area (Å²) in [5.74, 6) is 0.0462. The lowest BCUT2D eigenvalue weighted by molar-refractivity contribution is -0.144. The third kappa shape index (κ3) is 2.00. The molecule has 0 radical (unpaired) electrons. The van der Waals surface area contributed by atoms with Crippen LogP contribution in [0.1, 0.15) is 25.7 Å². The standard InChI is InChI=1S/C13H20N2O3/c16-10(3-7-5-14-6-7)15-12-9-2-1-8(4-9)11(12)13(17)18/h7-9,11-12,14H,1-6H2,(H,15,16)(H,17,18). The van der Waals surface area contributed by atoms with Crippen molar-refractivity contribution in [2.24, 2.45) is 23.7 Å². The topological polar surface area (TPSA) is 78.4 Å². The van der Waals surface area contributed by atoms with Crippen molar-refractivity contribution in [2.45, 2.75) is 31.7 Å². The molecule has 2 bridgehead atoms. The van der Waals surface area contributed by atoms with E-state index in [1.165, 1.54) is 0 Å². The fourth-order valence-electron chi connectivity index (χ4n) is 3.85. The predicted octanol–water partition coefficient (Wildman–Crippen LogP) is 0.211. The molecule has 100 valence electrons. The fourth-order valence-corrected chi connectivity index (χ4v) is 3.85. The number of amides is 1. The zero-order chi connectivity index (χ0) is 12.7. The quantitative estimate of drug-likeness (QED) is 0.668. The third-order valence-corrected chi connectivity index (χ3v) is 4.87. The van der Waals surface area contributed by atoms with Crippen LogP contribution in [0.2, 0.25) is 0 Å². The van der Waals surface area contributed by atoms with Crippen molar-refractivity contribution < 1.29 is 14.7 Å². The number of carbonyl (C=O) groups excluding carboxylic acids is 1. The molecular formula is C13H20N2O3. The second-order valence-electron chi connectivity index (χ2n) is 6.02. The van der Waals surface area contributed by atoms with Gasteiger partial charge in [-0.15, -0.1) is 0 Å². The van der Waals surface area contributed by atoms with Crippen LogP contribution in [0.25, 0.3) is 0 Å². The van der Waals surface area contributed by atoms with Crippen LogP contribution in [0.3, 0.4) is 0 Å². The molecule has 3 aliphatic rings. The first kappa shape index (κ1) is 12.0. The molecule has 5 heteroatoms. The van der Waals surface area contributed by atoms with Crippen LogP contribution in [0, 0.1) is 23.7 Å². The Morgan fingerprint density at radius 2 is 1.94 bits per heavy atom. The summed E-state index contributed by atoms with van der Waals surface area (Å²) in [6, 6.07) is -0.123. The second kappa shape index (κ2) is 4.53. The predicted molar refractivity (Wildman–Crippen MR) is 64.9 cm³/mol. The molecule has 1 amide bonds. The Morgan fingerprint density at radius 3 is 2.56 bits per heavy atom. The SMILES string of the molecule is O=C(CC1CNC1)NC1C2CCC(C2)C1C(=O)O. The lowest BCUT2D eigenvalue weighted by atomic mass is 9.84. The van der Waals surface area contributed by atoms with E-state index in [2.05, 4.69) is 10.6 Å². The highest BCUT2D eigenvalue weighted by Gasteiger charge is 2.51. The maximum atomic E-state index is 11.9. The summed E-state index contributed by atoms with van der Waals surface area (Å²) in [5.41, 5.74) is 0. The summed E-state index contributed by atoms with van der Waals surface area (Å²) >= 11 is 0. The molecule has 0 spiro atoms. The van der Waals surface area contributed by atoms with Gasteiger partial charge < -0.3 is 15.7 Å². The molecule has 18 heavy (non-hydrogen) atoms. The molecule has 2 saturated carbocycles. The molecule has 0 aromatic heterocycles. The largest absolute Gasteiger partial charge is 0.481 e. The minimum atomic E-state index is -0.738. The number of rotatable bonds is 4. The van der Waals surface area contributed by atoms with Gasteiger partial charge >= 0.3 is 5.97 Å². The molecule has 4 unspecified atom stereocenters. The lowest BCUT2D eigenvalue weighted by Crippen LogP contribution is -2.49. The Kier molecular flexibility index (Phi) is 3.01. The maximum absolute atomic E-state index is 11.9.